The van der Waals surface area contributed by atoms with Gasteiger partial charge in [0.15, 0.2) is 0 Å². The van der Waals surface area contributed by atoms with Gasteiger partial charge < -0.3 is 10.1 Å². The third-order valence-electron chi connectivity index (χ3n) is 3.05. The summed E-state index contributed by atoms with van der Waals surface area (Å²) in [7, 11) is 3.54. The van der Waals surface area contributed by atoms with E-state index in [1.165, 1.54) is 9.75 Å². The van der Waals surface area contributed by atoms with Gasteiger partial charge in [-0.3, -0.25) is 0 Å². The predicted molar refractivity (Wildman–Crippen MR) is 77.8 cm³/mol. The van der Waals surface area contributed by atoms with Gasteiger partial charge in [0.1, 0.15) is 0 Å². The van der Waals surface area contributed by atoms with Gasteiger partial charge in [0, 0.05) is 22.2 Å². The van der Waals surface area contributed by atoms with E-state index in [0.717, 1.165) is 18.5 Å². The van der Waals surface area contributed by atoms with Crippen molar-refractivity contribution >= 4 is 11.3 Å². The Morgan fingerprint density at radius 1 is 1.21 bits per heavy atom. The quantitative estimate of drug-likeness (QED) is 0.881. The van der Waals surface area contributed by atoms with E-state index in [1.807, 2.05) is 30.5 Å². The molecule has 19 heavy (non-hydrogen) atoms. The van der Waals surface area contributed by atoms with Crippen LogP contribution in [-0.2, 0) is 12.8 Å². The Kier molecular flexibility index (Phi) is 4.87. The Balaban J connectivity index is 2.10. The second kappa shape index (κ2) is 6.63. The highest BCUT2D eigenvalue weighted by molar-refractivity contribution is 7.11. The number of rotatable bonds is 6. The van der Waals surface area contributed by atoms with Crippen LogP contribution < -0.4 is 10.1 Å². The van der Waals surface area contributed by atoms with Crippen LogP contribution in [0.3, 0.4) is 0 Å². The van der Waals surface area contributed by atoms with Crippen LogP contribution in [0.2, 0.25) is 0 Å². The number of aromatic nitrogens is 2. The standard InChI is InChI=1S/C14H19N3OS/c1-4-10-5-6-11(19-10)9-13(15-2)12-7-8-14(18-3)17-16-12/h5-8,13,15H,4,9H2,1-3H3. The van der Waals surface area contributed by atoms with Crippen molar-refractivity contribution in [3.63, 3.8) is 0 Å². The first-order valence-corrected chi connectivity index (χ1v) is 7.21. The van der Waals surface area contributed by atoms with Crippen LogP contribution in [0, 0.1) is 0 Å². The lowest BCUT2D eigenvalue weighted by atomic mass is 10.1. The summed E-state index contributed by atoms with van der Waals surface area (Å²) in [5.41, 5.74) is 0.940. The zero-order chi connectivity index (χ0) is 13.7. The molecule has 5 heteroatoms. The largest absolute Gasteiger partial charge is 0.480 e. The van der Waals surface area contributed by atoms with Crippen molar-refractivity contribution in [2.75, 3.05) is 14.2 Å². The summed E-state index contributed by atoms with van der Waals surface area (Å²) in [4.78, 5) is 2.79. The van der Waals surface area contributed by atoms with E-state index in [-0.39, 0.29) is 6.04 Å². The van der Waals surface area contributed by atoms with E-state index in [4.69, 9.17) is 4.74 Å². The molecule has 0 fully saturated rings. The van der Waals surface area contributed by atoms with E-state index in [2.05, 4.69) is 34.6 Å². The first-order chi connectivity index (χ1) is 9.26. The topological polar surface area (TPSA) is 47.0 Å². The van der Waals surface area contributed by atoms with Gasteiger partial charge in [-0.25, -0.2) is 0 Å². The Hall–Kier alpha value is -1.46. The van der Waals surface area contributed by atoms with Gasteiger partial charge in [-0.05, 0) is 31.7 Å². The summed E-state index contributed by atoms with van der Waals surface area (Å²) in [6, 6.07) is 8.39. The maximum Gasteiger partial charge on any atom is 0.233 e. The number of hydrogen-bond donors (Lipinski definition) is 1. The molecule has 0 radical (unpaired) electrons. The van der Waals surface area contributed by atoms with Crippen LogP contribution in [-0.4, -0.2) is 24.4 Å². The van der Waals surface area contributed by atoms with Crippen molar-refractivity contribution in [2.24, 2.45) is 0 Å². The smallest absolute Gasteiger partial charge is 0.233 e. The lowest BCUT2D eigenvalue weighted by Crippen LogP contribution is -2.20. The summed E-state index contributed by atoms with van der Waals surface area (Å²) in [6.45, 7) is 2.18. The van der Waals surface area contributed by atoms with Gasteiger partial charge in [0.05, 0.1) is 18.8 Å². The van der Waals surface area contributed by atoms with E-state index >= 15 is 0 Å². The average molecular weight is 277 g/mol. The van der Waals surface area contributed by atoms with Crippen molar-refractivity contribution in [1.29, 1.82) is 0 Å². The molecule has 0 spiro atoms. The molecule has 102 valence electrons. The molecule has 2 heterocycles. The third-order valence-corrected chi connectivity index (χ3v) is 4.30. The Labute approximate surface area is 117 Å². The second-order valence-corrected chi connectivity index (χ2v) is 5.52. The molecule has 1 N–H and O–H groups in total. The number of thiophene rings is 1. The molecule has 0 aliphatic rings. The van der Waals surface area contributed by atoms with Gasteiger partial charge >= 0.3 is 0 Å². The molecule has 2 aromatic rings. The number of hydrogen-bond acceptors (Lipinski definition) is 5. The van der Waals surface area contributed by atoms with Crippen molar-refractivity contribution in [3.05, 3.63) is 39.7 Å². The van der Waals surface area contributed by atoms with E-state index in [1.54, 1.807) is 7.11 Å². The van der Waals surface area contributed by atoms with Crippen molar-refractivity contribution in [1.82, 2.24) is 15.5 Å². The number of aryl methyl sites for hydroxylation is 1. The lowest BCUT2D eigenvalue weighted by Gasteiger charge is -2.14. The molecule has 1 unspecified atom stereocenters. The molecule has 1 atom stereocenters. The van der Waals surface area contributed by atoms with Gasteiger partial charge in [-0.2, -0.15) is 5.10 Å². The van der Waals surface area contributed by atoms with Crippen LogP contribution in [0.5, 0.6) is 5.88 Å². The highest BCUT2D eigenvalue weighted by atomic mass is 32.1. The zero-order valence-electron chi connectivity index (χ0n) is 11.5. The number of methoxy groups -OCH3 is 1. The fourth-order valence-electron chi connectivity index (χ4n) is 1.90. The summed E-state index contributed by atoms with van der Waals surface area (Å²) < 4.78 is 5.03. The molecule has 0 aromatic carbocycles. The summed E-state index contributed by atoms with van der Waals surface area (Å²) in [6.07, 6.45) is 2.03. The minimum absolute atomic E-state index is 0.182. The van der Waals surface area contributed by atoms with E-state index in [0.29, 0.717) is 5.88 Å². The van der Waals surface area contributed by atoms with Crippen LogP contribution in [0.1, 0.15) is 28.4 Å². The zero-order valence-corrected chi connectivity index (χ0v) is 12.3. The van der Waals surface area contributed by atoms with Crippen molar-refractivity contribution < 1.29 is 4.74 Å². The summed E-state index contributed by atoms with van der Waals surface area (Å²) in [5.74, 6) is 0.544. The van der Waals surface area contributed by atoms with Gasteiger partial charge in [0.25, 0.3) is 0 Å². The average Bonchev–Trinajstić information content (AvgIpc) is 2.92. The normalized spacial score (nSPS) is 12.4. The summed E-state index contributed by atoms with van der Waals surface area (Å²) in [5, 5.41) is 11.5. The Morgan fingerprint density at radius 2 is 2.00 bits per heavy atom. The number of ether oxygens (including phenoxy) is 1. The molecule has 0 aliphatic heterocycles. The monoisotopic (exact) mass is 277 g/mol. The molecule has 0 bridgehead atoms. The molecule has 4 nitrogen and oxygen atoms in total. The molecule has 0 amide bonds. The first kappa shape index (κ1) is 14.0. The number of likely N-dealkylation sites (N-methyl/N-ethyl adjacent to an activating group) is 1. The van der Waals surface area contributed by atoms with E-state index in [9.17, 15) is 0 Å². The Morgan fingerprint density at radius 3 is 2.53 bits per heavy atom. The van der Waals surface area contributed by atoms with Crippen LogP contribution in [0.15, 0.2) is 24.3 Å². The van der Waals surface area contributed by atoms with Gasteiger partial charge in [0.2, 0.25) is 5.88 Å². The summed E-state index contributed by atoms with van der Waals surface area (Å²) >= 11 is 1.87. The lowest BCUT2D eigenvalue weighted by molar-refractivity contribution is 0.389. The first-order valence-electron chi connectivity index (χ1n) is 6.39. The van der Waals surface area contributed by atoms with Crippen LogP contribution in [0.25, 0.3) is 0 Å². The molecule has 2 rings (SSSR count). The Bertz CT molecular complexity index is 510. The maximum atomic E-state index is 5.03. The molecule has 0 saturated heterocycles. The number of nitrogens with zero attached hydrogens (tertiary/aromatic N) is 2. The fraction of sp³-hybridized carbons (Fsp3) is 0.429. The van der Waals surface area contributed by atoms with Gasteiger partial charge in [-0.15, -0.1) is 16.4 Å². The van der Waals surface area contributed by atoms with Crippen LogP contribution in [0.4, 0.5) is 0 Å². The SMILES string of the molecule is CCc1ccc(CC(NC)c2ccc(OC)nn2)s1. The third kappa shape index (κ3) is 3.52. The highest BCUT2D eigenvalue weighted by Gasteiger charge is 2.13. The minimum Gasteiger partial charge on any atom is -0.480 e. The molecular weight excluding hydrogens is 258 g/mol. The van der Waals surface area contributed by atoms with Crippen LogP contribution >= 0.6 is 11.3 Å². The maximum absolute atomic E-state index is 5.03. The molecule has 2 aromatic heterocycles. The fourth-order valence-corrected chi connectivity index (χ4v) is 2.91. The molecule has 0 saturated carbocycles. The second-order valence-electron chi connectivity index (χ2n) is 4.27. The minimum atomic E-state index is 0.182. The van der Waals surface area contributed by atoms with E-state index < -0.39 is 0 Å². The predicted octanol–water partition coefficient (Wildman–Crippen LogP) is 2.61. The number of nitrogens with one attached hydrogen (secondary N) is 1. The highest BCUT2D eigenvalue weighted by Crippen LogP contribution is 2.23. The van der Waals surface area contributed by atoms with Crippen molar-refractivity contribution in [2.45, 2.75) is 25.8 Å². The van der Waals surface area contributed by atoms with Gasteiger partial charge in [-0.1, -0.05) is 6.92 Å². The van der Waals surface area contributed by atoms with Crippen molar-refractivity contribution in [3.8, 4) is 5.88 Å². The molecular formula is C14H19N3OS. The molecule has 0 aliphatic carbocycles.